The minimum Gasteiger partial charge on any atom is -0.371 e. The van der Waals surface area contributed by atoms with Crippen molar-refractivity contribution in [3.05, 3.63) is 107 Å². The number of nitrogens with one attached hydrogen (secondary N) is 1. The number of hydrogen-bond donors (Lipinski definition) is 1. The largest absolute Gasteiger partial charge is 0.371 e. The molecule has 0 unspecified atom stereocenters. The number of benzene rings is 3. The zero-order chi connectivity index (χ0) is 20.6. The van der Waals surface area contributed by atoms with Crippen LogP contribution < -0.4 is 5.32 Å². The van der Waals surface area contributed by atoms with Crippen LogP contribution in [0.3, 0.4) is 0 Å². The van der Waals surface area contributed by atoms with Crippen molar-refractivity contribution in [3.63, 3.8) is 0 Å². The topological polar surface area (TPSA) is 47.6 Å². The number of ether oxygens (including phenoxy) is 2. The van der Waals surface area contributed by atoms with Crippen molar-refractivity contribution in [1.29, 1.82) is 0 Å². The van der Waals surface area contributed by atoms with Gasteiger partial charge in [-0.2, -0.15) is 0 Å². The average Bonchev–Trinajstić information content (AvgIpc) is 2.80. The number of carbonyl (C=O) groups excluding carboxylic acids is 1. The molecular weight excluding hydrogens is 374 g/mol. The van der Waals surface area contributed by atoms with E-state index in [1.807, 2.05) is 60.7 Å². The summed E-state index contributed by atoms with van der Waals surface area (Å²) in [5, 5.41) is 3.16. The van der Waals surface area contributed by atoms with Gasteiger partial charge in [-0.25, -0.2) is 0 Å². The van der Waals surface area contributed by atoms with Gasteiger partial charge in [0.05, 0.1) is 25.4 Å². The second-order valence-electron chi connectivity index (χ2n) is 7.60. The minimum absolute atomic E-state index is 0.0268. The summed E-state index contributed by atoms with van der Waals surface area (Å²) in [5.41, 5.74) is 4.59. The number of amides is 1. The Labute approximate surface area is 177 Å². The number of hydrogen-bond acceptors (Lipinski definition) is 3. The molecule has 0 aromatic heterocycles. The van der Waals surface area contributed by atoms with E-state index in [-0.39, 0.29) is 24.7 Å². The van der Waals surface area contributed by atoms with Gasteiger partial charge in [0, 0.05) is 0 Å². The lowest BCUT2D eigenvalue weighted by Crippen LogP contribution is -2.42. The van der Waals surface area contributed by atoms with Crippen LogP contribution in [0.2, 0.25) is 0 Å². The number of carbonyl (C=O) groups is 1. The maximum atomic E-state index is 12.6. The zero-order valence-electron chi connectivity index (χ0n) is 17.0. The first-order valence-electron chi connectivity index (χ1n) is 10.4. The van der Waals surface area contributed by atoms with Crippen LogP contribution in [0.4, 0.5) is 0 Å². The van der Waals surface area contributed by atoms with Crippen molar-refractivity contribution in [1.82, 2.24) is 5.32 Å². The molecule has 0 saturated carbocycles. The van der Waals surface area contributed by atoms with E-state index in [4.69, 9.17) is 9.47 Å². The third kappa shape index (κ3) is 5.35. The van der Waals surface area contributed by atoms with Crippen LogP contribution in [0.1, 0.15) is 34.7 Å². The predicted octanol–water partition coefficient (Wildman–Crippen LogP) is 4.59. The van der Waals surface area contributed by atoms with E-state index >= 15 is 0 Å². The first-order valence-corrected chi connectivity index (χ1v) is 10.4. The number of rotatable bonds is 8. The molecule has 1 aliphatic rings. The second-order valence-corrected chi connectivity index (χ2v) is 7.60. The fourth-order valence-corrected chi connectivity index (χ4v) is 3.91. The smallest absolute Gasteiger partial charge is 0.246 e. The van der Waals surface area contributed by atoms with Crippen molar-refractivity contribution in [3.8, 4) is 0 Å². The average molecular weight is 402 g/mol. The summed E-state index contributed by atoms with van der Waals surface area (Å²) < 4.78 is 11.9. The molecule has 1 aliphatic carbocycles. The number of aryl methyl sites for hydroxylation is 1. The van der Waals surface area contributed by atoms with Gasteiger partial charge in [0.15, 0.2) is 0 Å². The fraction of sp³-hybridized carbons (Fsp3) is 0.269. The standard InChI is InChI=1S/C26H27NO3/c28-25(19-29-17-20-9-3-1-4-10-20)27-26-23-14-8-7-13-22(23)15-16-24(26)30-18-21-11-5-2-6-12-21/h1-14,24,26H,15-19H2,(H,27,28)/t24-,26+/m0/s1. The van der Waals surface area contributed by atoms with Crippen LogP contribution >= 0.6 is 0 Å². The Kier molecular flexibility index (Phi) is 6.91. The van der Waals surface area contributed by atoms with Crippen molar-refractivity contribution in [2.45, 2.75) is 38.2 Å². The van der Waals surface area contributed by atoms with E-state index in [0.717, 1.165) is 29.5 Å². The Bertz CT molecular complexity index is 943. The van der Waals surface area contributed by atoms with Crippen molar-refractivity contribution >= 4 is 5.91 Å². The molecular formula is C26H27NO3. The Hall–Kier alpha value is -2.95. The highest BCUT2D eigenvalue weighted by atomic mass is 16.5. The van der Waals surface area contributed by atoms with E-state index in [9.17, 15) is 4.79 Å². The van der Waals surface area contributed by atoms with E-state index < -0.39 is 0 Å². The lowest BCUT2D eigenvalue weighted by Gasteiger charge is -2.34. The molecule has 2 atom stereocenters. The molecule has 1 amide bonds. The highest BCUT2D eigenvalue weighted by molar-refractivity contribution is 5.78. The molecule has 30 heavy (non-hydrogen) atoms. The zero-order valence-corrected chi connectivity index (χ0v) is 17.0. The molecule has 4 rings (SSSR count). The number of fused-ring (bicyclic) bond motifs is 1. The molecule has 3 aromatic rings. The Balaban J connectivity index is 1.39. The van der Waals surface area contributed by atoms with Crippen LogP contribution in [0.15, 0.2) is 84.9 Å². The molecule has 0 fully saturated rings. The molecule has 154 valence electrons. The van der Waals surface area contributed by atoms with E-state index in [1.165, 1.54) is 5.56 Å². The van der Waals surface area contributed by atoms with E-state index in [2.05, 4.69) is 29.6 Å². The molecule has 0 aliphatic heterocycles. The second kappa shape index (κ2) is 10.2. The monoisotopic (exact) mass is 401 g/mol. The van der Waals surface area contributed by atoms with Gasteiger partial charge in [-0.15, -0.1) is 0 Å². The maximum Gasteiger partial charge on any atom is 0.246 e. The van der Waals surface area contributed by atoms with Crippen molar-refractivity contribution < 1.29 is 14.3 Å². The summed E-state index contributed by atoms with van der Waals surface area (Å²) in [7, 11) is 0. The lowest BCUT2D eigenvalue weighted by atomic mass is 9.85. The Morgan fingerprint density at radius 3 is 2.20 bits per heavy atom. The van der Waals surface area contributed by atoms with Crippen LogP contribution in [0, 0.1) is 0 Å². The third-order valence-corrected chi connectivity index (χ3v) is 5.43. The molecule has 4 nitrogen and oxygen atoms in total. The van der Waals surface area contributed by atoms with Gasteiger partial charge in [-0.05, 0) is 35.1 Å². The lowest BCUT2D eigenvalue weighted by molar-refractivity contribution is -0.128. The summed E-state index contributed by atoms with van der Waals surface area (Å²) in [6.45, 7) is 0.979. The molecule has 3 aromatic carbocycles. The minimum atomic E-state index is -0.175. The molecule has 0 bridgehead atoms. The summed E-state index contributed by atoms with van der Waals surface area (Å²) in [5.74, 6) is -0.124. The van der Waals surface area contributed by atoms with Gasteiger partial charge in [-0.1, -0.05) is 84.9 Å². The van der Waals surface area contributed by atoms with Gasteiger partial charge in [0.2, 0.25) is 5.91 Å². The summed E-state index contributed by atoms with van der Waals surface area (Å²) in [6.07, 6.45) is 1.75. The first kappa shape index (κ1) is 20.3. The van der Waals surface area contributed by atoms with E-state index in [1.54, 1.807) is 0 Å². The quantitative estimate of drug-likeness (QED) is 0.600. The molecule has 0 spiro atoms. The maximum absolute atomic E-state index is 12.6. The highest BCUT2D eigenvalue weighted by Crippen LogP contribution is 2.32. The van der Waals surface area contributed by atoms with E-state index in [0.29, 0.717) is 13.2 Å². The first-order chi connectivity index (χ1) is 14.8. The molecule has 1 N–H and O–H groups in total. The molecule has 0 saturated heterocycles. The summed E-state index contributed by atoms with van der Waals surface area (Å²) >= 11 is 0. The van der Waals surface area contributed by atoms with Crippen LogP contribution in [0.5, 0.6) is 0 Å². The molecule has 0 radical (unpaired) electrons. The van der Waals surface area contributed by atoms with Crippen LogP contribution in [-0.2, 0) is 33.9 Å². The van der Waals surface area contributed by atoms with Gasteiger partial charge >= 0.3 is 0 Å². The van der Waals surface area contributed by atoms with Gasteiger partial charge in [0.25, 0.3) is 0 Å². The van der Waals surface area contributed by atoms with Gasteiger partial charge < -0.3 is 14.8 Å². The molecule has 0 heterocycles. The van der Waals surface area contributed by atoms with Gasteiger partial charge in [0.1, 0.15) is 6.61 Å². The van der Waals surface area contributed by atoms with Crippen LogP contribution in [0.25, 0.3) is 0 Å². The van der Waals surface area contributed by atoms with Crippen molar-refractivity contribution in [2.75, 3.05) is 6.61 Å². The molecule has 4 heteroatoms. The SMILES string of the molecule is O=C(COCc1ccccc1)N[C@@H]1c2ccccc2CC[C@@H]1OCc1ccccc1. The Morgan fingerprint density at radius 2 is 1.47 bits per heavy atom. The van der Waals surface area contributed by atoms with Crippen molar-refractivity contribution in [2.24, 2.45) is 0 Å². The summed E-state index contributed by atoms with van der Waals surface area (Å²) in [4.78, 5) is 12.6. The van der Waals surface area contributed by atoms with Gasteiger partial charge in [-0.3, -0.25) is 4.79 Å². The van der Waals surface area contributed by atoms with Crippen LogP contribution in [-0.4, -0.2) is 18.6 Å². The Morgan fingerprint density at radius 1 is 0.833 bits per heavy atom. The third-order valence-electron chi connectivity index (χ3n) is 5.43. The predicted molar refractivity (Wildman–Crippen MR) is 117 cm³/mol. The fourth-order valence-electron chi connectivity index (χ4n) is 3.91. The summed E-state index contributed by atoms with van der Waals surface area (Å²) in [6, 6.07) is 28.1. The normalized spacial score (nSPS) is 17.9. The highest BCUT2D eigenvalue weighted by Gasteiger charge is 2.31.